The maximum Gasteiger partial charge on any atom is 0.233 e. The highest BCUT2D eigenvalue weighted by Crippen LogP contribution is 2.26. The molecule has 1 aromatic rings. The Morgan fingerprint density at radius 2 is 2.06 bits per heavy atom. The van der Waals surface area contributed by atoms with Crippen LogP contribution >= 0.6 is 15.9 Å². The predicted molar refractivity (Wildman–Crippen MR) is 70.4 cm³/mol. The van der Waals surface area contributed by atoms with Gasteiger partial charge in [0.1, 0.15) is 4.60 Å². The lowest BCUT2D eigenvalue weighted by Gasteiger charge is -2.28. The molecule has 17 heavy (non-hydrogen) atoms. The lowest BCUT2D eigenvalue weighted by atomic mass is 9.81. The number of carbonyl (C=O) groups excluding carboxylic acids is 1. The van der Waals surface area contributed by atoms with Gasteiger partial charge in [-0.05, 0) is 28.8 Å². The van der Waals surface area contributed by atoms with Crippen molar-refractivity contribution in [3.8, 4) is 0 Å². The van der Waals surface area contributed by atoms with E-state index in [1.54, 1.807) is 0 Å². The Labute approximate surface area is 109 Å². The van der Waals surface area contributed by atoms with E-state index in [1.165, 1.54) is 12.4 Å². The maximum atomic E-state index is 12.1. The van der Waals surface area contributed by atoms with Crippen molar-refractivity contribution in [1.82, 2.24) is 9.97 Å². The average Bonchev–Trinajstić information content (AvgIpc) is 2.35. The molecule has 1 heterocycles. The van der Waals surface area contributed by atoms with Crippen LogP contribution in [0.1, 0.15) is 26.7 Å². The van der Waals surface area contributed by atoms with E-state index in [0.717, 1.165) is 0 Å². The Bertz CT molecular complexity index is 367. The first-order valence-electron chi connectivity index (χ1n) is 5.57. The van der Waals surface area contributed by atoms with Gasteiger partial charge >= 0.3 is 0 Å². The first-order valence-corrected chi connectivity index (χ1v) is 6.36. The van der Waals surface area contributed by atoms with E-state index in [9.17, 15) is 4.79 Å². The van der Waals surface area contributed by atoms with Crippen molar-refractivity contribution < 1.29 is 4.79 Å². The van der Waals surface area contributed by atoms with Crippen molar-refractivity contribution >= 4 is 27.7 Å². The smallest absolute Gasteiger partial charge is 0.233 e. The number of aromatic nitrogens is 2. The van der Waals surface area contributed by atoms with Gasteiger partial charge in [0.2, 0.25) is 5.91 Å². The second kappa shape index (κ2) is 6.07. The lowest BCUT2D eigenvalue weighted by Crippen LogP contribution is -2.41. The number of hydrogen-bond donors (Lipinski definition) is 2. The molecule has 0 atom stereocenters. The second-order valence-electron chi connectivity index (χ2n) is 3.87. The normalized spacial score (nSPS) is 11.3. The molecule has 0 aliphatic heterocycles. The van der Waals surface area contributed by atoms with Crippen LogP contribution < -0.4 is 11.1 Å². The highest BCUT2D eigenvalue weighted by atomic mass is 79.9. The van der Waals surface area contributed by atoms with Gasteiger partial charge in [-0.15, -0.1) is 0 Å². The Hall–Kier alpha value is -1.01. The molecule has 0 unspecified atom stereocenters. The fraction of sp³-hybridized carbons (Fsp3) is 0.545. The van der Waals surface area contributed by atoms with E-state index in [2.05, 4.69) is 31.2 Å². The largest absolute Gasteiger partial charge is 0.329 e. The third-order valence-corrected chi connectivity index (χ3v) is 3.50. The zero-order valence-corrected chi connectivity index (χ0v) is 11.6. The Kier molecular flexibility index (Phi) is 5.02. The number of halogens is 1. The molecule has 0 fully saturated rings. The summed E-state index contributed by atoms with van der Waals surface area (Å²) in [5.74, 6) is 0.347. The Morgan fingerprint density at radius 1 is 1.41 bits per heavy atom. The fourth-order valence-corrected chi connectivity index (χ4v) is 1.78. The summed E-state index contributed by atoms with van der Waals surface area (Å²) >= 11 is 3.19. The minimum Gasteiger partial charge on any atom is -0.329 e. The maximum absolute atomic E-state index is 12.1. The van der Waals surface area contributed by atoms with Crippen LogP contribution in [0.2, 0.25) is 0 Å². The van der Waals surface area contributed by atoms with Crippen molar-refractivity contribution in [3.05, 3.63) is 17.0 Å². The molecule has 0 aliphatic rings. The molecule has 5 nitrogen and oxygen atoms in total. The molecule has 0 spiro atoms. The average molecular weight is 301 g/mol. The topological polar surface area (TPSA) is 80.9 Å². The van der Waals surface area contributed by atoms with Crippen LogP contribution in [0.15, 0.2) is 17.0 Å². The molecular formula is C11H17BrN4O. The van der Waals surface area contributed by atoms with Crippen molar-refractivity contribution in [1.29, 1.82) is 0 Å². The summed E-state index contributed by atoms with van der Waals surface area (Å²) in [5.41, 5.74) is 5.18. The van der Waals surface area contributed by atoms with Crippen molar-refractivity contribution in [2.24, 2.45) is 11.1 Å². The van der Waals surface area contributed by atoms with Crippen LogP contribution in [0, 0.1) is 5.41 Å². The number of amides is 1. The number of nitrogens with two attached hydrogens (primary N) is 1. The first-order chi connectivity index (χ1) is 8.07. The lowest BCUT2D eigenvalue weighted by molar-refractivity contribution is -0.125. The van der Waals surface area contributed by atoms with Gasteiger partial charge < -0.3 is 11.1 Å². The number of carbonyl (C=O) groups is 1. The molecule has 0 saturated carbocycles. The number of rotatable bonds is 5. The molecule has 1 rings (SSSR count). The summed E-state index contributed by atoms with van der Waals surface area (Å²) in [6, 6.07) is 0. The van der Waals surface area contributed by atoms with E-state index in [-0.39, 0.29) is 5.91 Å². The third-order valence-electron chi connectivity index (χ3n) is 3.09. The van der Waals surface area contributed by atoms with Crippen LogP contribution in [0.4, 0.5) is 5.82 Å². The van der Waals surface area contributed by atoms with Gasteiger partial charge in [-0.2, -0.15) is 0 Å². The molecule has 0 saturated heterocycles. The molecular weight excluding hydrogens is 284 g/mol. The summed E-state index contributed by atoms with van der Waals surface area (Å²) in [4.78, 5) is 20.2. The first kappa shape index (κ1) is 14.1. The number of nitrogens with one attached hydrogen (secondary N) is 1. The predicted octanol–water partition coefficient (Wildman–Crippen LogP) is 1.94. The van der Waals surface area contributed by atoms with Gasteiger partial charge in [-0.1, -0.05) is 13.8 Å². The van der Waals surface area contributed by atoms with Crippen LogP contribution in [0.25, 0.3) is 0 Å². The van der Waals surface area contributed by atoms with Crippen molar-refractivity contribution in [3.63, 3.8) is 0 Å². The summed E-state index contributed by atoms with van der Waals surface area (Å²) in [6.07, 6.45) is 4.46. The molecule has 1 aromatic heterocycles. The van der Waals surface area contributed by atoms with E-state index >= 15 is 0 Å². The van der Waals surface area contributed by atoms with Gasteiger partial charge in [0, 0.05) is 6.54 Å². The van der Waals surface area contributed by atoms with Crippen LogP contribution in [-0.4, -0.2) is 22.4 Å². The van der Waals surface area contributed by atoms with E-state index in [1.807, 2.05) is 13.8 Å². The van der Waals surface area contributed by atoms with Crippen LogP contribution in [0.5, 0.6) is 0 Å². The number of nitrogens with zero attached hydrogens (tertiary/aromatic N) is 2. The minimum absolute atomic E-state index is 0.0957. The number of anilines is 1. The second-order valence-corrected chi connectivity index (χ2v) is 4.68. The van der Waals surface area contributed by atoms with Crippen LogP contribution in [-0.2, 0) is 4.79 Å². The zero-order chi connectivity index (χ0) is 12.9. The fourth-order valence-electron chi connectivity index (χ4n) is 1.58. The Morgan fingerprint density at radius 3 is 2.47 bits per heavy atom. The molecule has 94 valence electrons. The highest BCUT2D eigenvalue weighted by molar-refractivity contribution is 9.10. The quantitative estimate of drug-likeness (QED) is 0.871. The molecule has 0 radical (unpaired) electrons. The highest BCUT2D eigenvalue weighted by Gasteiger charge is 2.33. The van der Waals surface area contributed by atoms with Gasteiger partial charge in [0.15, 0.2) is 5.82 Å². The summed E-state index contributed by atoms with van der Waals surface area (Å²) in [5, 5.41) is 2.75. The molecule has 6 heteroatoms. The standard InChI is InChI=1S/C11H17BrN4O/c1-3-11(4-2,7-13)10(17)16-9-6-14-8(12)5-15-9/h5-6H,3-4,7,13H2,1-2H3,(H,15,16,17). The van der Waals surface area contributed by atoms with Crippen LogP contribution in [0.3, 0.4) is 0 Å². The van der Waals surface area contributed by atoms with E-state index < -0.39 is 5.41 Å². The third kappa shape index (κ3) is 3.23. The van der Waals surface area contributed by atoms with Crippen molar-refractivity contribution in [2.45, 2.75) is 26.7 Å². The summed E-state index contributed by atoms with van der Waals surface area (Å²) in [7, 11) is 0. The molecule has 0 aromatic carbocycles. The molecule has 1 amide bonds. The molecule has 3 N–H and O–H groups in total. The zero-order valence-electron chi connectivity index (χ0n) is 10.0. The molecule has 0 bridgehead atoms. The summed E-state index contributed by atoms with van der Waals surface area (Å²) < 4.78 is 0.631. The molecule has 0 aliphatic carbocycles. The monoisotopic (exact) mass is 300 g/mol. The van der Waals surface area contributed by atoms with Gasteiger partial charge in [0.05, 0.1) is 17.8 Å². The van der Waals surface area contributed by atoms with E-state index in [4.69, 9.17) is 5.73 Å². The Balaban J connectivity index is 2.80. The van der Waals surface area contributed by atoms with Gasteiger partial charge in [-0.25, -0.2) is 9.97 Å². The SMILES string of the molecule is CCC(CC)(CN)C(=O)Nc1cnc(Br)cn1. The number of hydrogen-bond acceptors (Lipinski definition) is 4. The summed E-state index contributed by atoms with van der Waals surface area (Å²) in [6.45, 7) is 4.25. The minimum atomic E-state index is -0.519. The van der Waals surface area contributed by atoms with E-state index in [0.29, 0.717) is 29.8 Å². The van der Waals surface area contributed by atoms with Gasteiger partial charge in [0.25, 0.3) is 0 Å². The van der Waals surface area contributed by atoms with Crippen molar-refractivity contribution in [2.75, 3.05) is 11.9 Å². The van der Waals surface area contributed by atoms with Gasteiger partial charge in [-0.3, -0.25) is 4.79 Å².